The Labute approximate surface area is 158 Å². The normalized spacial score (nSPS) is 16.4. The van der Waals surface area contributed by atoms with E-state index >= 15 is 0 Å². The number of aryl methyl sites for hydroxylation is 1. The summed E-state index contributed by atoms with van der Waals surface area (Å²) in [7, 11) is 0. The van der Waals surface area contributed by atoms with Gasteiger partial charge in [-0.3, -0.25) is 4.98 Å². The number of aromatic nitrogens is 2. The third-order valence-electron chi connectivity index (χ3n) is 5.72. The average Bonchev–Trinajstić information content (AvgIpc) is 3.01. The molecule has 2 aromatic heterocycles. The van der Waals surface area contributed by atoms with Gasteiger partial charge in [0.2, 0.25) is 0 Å². The monoisotopic (exact) mass is 356 g/mol. The van der Waals surface area contributed by atoms with E-state index in [1.54, 1.807) is 12.3 Å². The molecule has 5 rings (SSSR count). The number of fused-ring (bicyclic) bond motifs is 3. The van der Waals surface area contributed by atoms with Crippen LogP contribution in [0.3, 0.4) is 0 Å². The Morgan fingerprint density at radius 2 is 1.89 bits per heavy atom. The van der Waals surface area contributed by atoms with Crippen LogP contribution in [0.2, 0.25) is 0 Å². The van der Waals surface area contributed by atoms with Gasteiger partial charge >= 0.3 is 0 Å². The SMILES string of the molecule is Cc1ccc2c(c1)c(-c1cncc(F)c1)c1n2CC(c2ccccc2)CC1. The fraction of sp³-hybridized carbons (Fsp3) is 0.208. The zero-order valence-corrected chi connectivity index (χ0v) is 15.3. The first-order valence-electron chi connectivity index (χ1n) is 9.48. The van der Waals surface area contributed by atoms with Crippen LogP contribution in [-0.4, -0.2) is 9.55 Å². The van der Waals surface area contributed by atoms with E-state index in [1.165, 1.54) is 33.9 Å². The molecule has 0 saturated heterocycles. The van der Waals surface area contributed by atoms with E-state index in [9.17, 15) is 4.39 Å². The molecule has 2 nitrogen and oxygen atoms in total. The lowest BCUT2D eigenvalue weighted by molar-refractivity contribution is 0.474. The van der Waals surface area contributed by atoms with Crippen LogP contribution < -0.4 is 0 Å². The van der Waals surface area contributed by atoms with E-state index in [2.05, 4.69) is 65.0 Å². The molecule has 0 radical (unpaired) electrons. The second-order valence-electron chi connectivity index (χ2n) is 7.49. The van der Waals surface area contributed by atoms with E-state index in [0.717, 1.165) is 30.5 Å². The minimum Gasteiger partial charge on any atom is -0.343 e. The molecular weight excluding hydrogens is 335 g/mol. The first-order chi connectivity index (χ1) is 13.2. The smallest absolute Gasteiger partial charge is 0.142 e. The van der Waals surface area contributed by atoms with Crippen molar-refractivity contribution in [3.8, 4) is 11.1 Å². The maximum absolute atomic E-state index is 13.9. The average molecular weight is 356 g/mol. The van der Waals surface area contributed by atoms with E-state index in [0.29, 0.717) is 5.92 Å². The van der Waals surface area contributed by atoms with Crippen molar-refractivity contribution >= 4 is 10.9 Å². The van der Waals surface area contributed by atoms with Crippen molar-refractivity contribution < 1.29 is 4.39 Å². The van der Waals surface area contributed by atoms with Crippen LogP contribution in [0, 0.1) is 12.7 Å². The predicted octanol–water partition coefficient (Wildman–Crippen LogP) is 5.88. The van der Waals surface area contributed by atoms with Crippen molar-refractivity contribution in [2.45, 2.75) is 32.2 Å². The summed E-state index contributed by atoms with van der Waals surface area (Å²) in [6, 6.07) is 18.9. The van der Waals surface area contributed by atoms with Gasteiger partial charge in [-0.25, -0.2) is 4.39 Å². The fourth-order valence-electron chi connectivity index (χ4n) is 4.48. The van der Waals surface area contributed by atoms with E-state index in [1.807, 2.05) is 0 Å². The maximum Gasteiger partial charge on any atom is 0.142 e. The number of nitrogens with zero attached hydrogens (tertiary/aromatic N) is 2. The second kappa shape index (κ2) is 6.34. The Hall–Kier alpha value is -2.94. The van der Waals surface area contributed by atoms with E-state index < -0.39 is 0 Å². The van der Waals surface area contributed by atoms with Crippen LogP contribution in [0.25, 0.3) is 22.0 Å². The molecule has 3 heteroatoms. The molecule has 0 spiro atoms. The van der Waals surface area contributed by atoms with Gasteiger partial charge in [-0.15, -0.1) is 0 Å². The third-order valence-corrected chi connectivity index (χ3v) is 5.72. The molecule has 0 aliphatic carbocycles. The quantitative estimate of drug-likeness (QED) is 0.438. The summed E-state index contributed by atoms with van der Waals surface area (Å²) in [5.74, 6) is 0.223. The topological polar surface area (TPSA) is 17.8 Å². The molecule has 0 bridgehead atoms. The van der Waals surface area contributed by atoms with Crippen molar-refractivity contribution in [2.24, 2.45) is 0 Å². The highest BCUT2D eigenvalue weighted by Gasteiger charge is 2.26. The molecule has 1 atom stereocenters. The van der Waals surface area contributed by atoms with Gasteiger partial charge in [0.05, 0.1) is 6.20 Å². The Morgan fingerprint density at radius 3 is 2.70 bits per heavy atom. The van der Waals surface area contributed by atoms with Crippen molar-refractivity contribution in [2.75, 3.05) is 0 Å². The van der Waals surface area contributed by atoms with Gasteiger partial charge in [-0.1, -0.05) is 42.0 Å². The van der Waals surface area contributed by atoms with Crippen LogP contribution in [-0.2, 0) is 13.0 Å². The Kier molecular flexibility index (Phi) is 3.82. The van der Waals surface area contributed by atoms with E-state index in [-0.39, 0.29) is 5.82 Å². The number of hydrogen-bond acceptors (Lipinski definition) is 1. The maximum atomic E-state index is 13.9. The lowest BCUT2D eigenvalue weighted by Crippen LogP contribution is -2.18. The predicted molar refractivity (Wildman–Crippen MR) is 107 cm³/mol. The Balaban J connectivity index is 1.71. The summed E-state index contributed by atoms with van der Waals surface area (Å²) >= 11 is 0. The molecule has 4 aromatic rings. The van der Waals surface area contributed by atoms with Gasteiger partial charge in [-0.05, 0) is 43.5 Å². The largest absolute Gasteiger partial charge is 0.343 e. The molecule has 0 N–H and O–H groups in total. The minimum atomic E-state index is -0.286. The number of halogens is 1. The van der Waals surface area contributed by atoms with Crippen LogP contribution in [0.15, 0.2) is 67.0 Å². The third kappa shape index (κ3) is 2.74. The van der Waals surface area contributed by atoms with Crippen LogP contribution in [0.4, 0.5) is 4.39 Å². The first-order valence-corrected chi connectivity index (χ1v) is 9.48. The molecule has 0 amide bonds. The highest BCUT2D eigenvalue weighted by Crippen LogP contribution is 2.41. The first kappa shape index (κ1) is 16.2. The zero-order chi connectivity index (χ0) is 18.4. The number of rotatable bonds is 2. The van der Waals surface area contributed by atoms with E-state index in [4.69, 9.17) is 0 Å². The van der Waals surface area contributed by atoms with Crippen molar-refractivity contribution in [1.29, 1.82) is 0 Å². The van der Waals surface area contributed by atoms with Gasteiger partial charge in [0.15, 0.2) is 0 Å². The van der Waals surface area contributed by atoms with Gasteiger partial charge in [-0.2, -0.15) is 0 Å². The van der Waals surface area contributed by atoms with Gasteiger partial charge in [0.1, 0.15) is 5.82 Å². The summed E-state index contributed by atoms with van der Waals surface area (Å²) in [4.78, 5) is 4.10. The molecule has 1 aliphatic heterocycles. The minimum absolute atomic E-state index is 0.286. The second-order valence-corrected chi connectivity index (χ2v) is 7.49. The highest BCUT2D eigenvalue weighted by atomic mass is 19.1. The van der Waals surface area contributed by atoms with Crippen molar-refractivity contribution in [1.82, 2.24) is 9.55 Å². The molecular formula is C24H21FN2. The number of benzene rings is 2. The van der Waals surface area contributed by atoms with Gasteiger partial charge < -0.3 is 4.57 Å². The summed E-state index contributed by atoms with van der Waals surface area (Å²) < 4.78 is 16.3. The lowest BCUT2D eigenvalue weighted by atomic mass is 9.89. The molecule has 1 aliphatic rings. The molecule has 2 aromatic carbocycles. The van der Waals surface area contributed by atoms with Crippen LogP contribution >= 0.6 is 0 Å². The summed E-state index contributed by atoms with van der Waals surface area (Å²) in [5.41, 5.74) is 7.16. The number of pyridine rings is 1. The fourth-order valence-corrected chi connectivity index (χ4v) is 4.48. The summed E-state index contributed by atoms with van der Waals surface area (Å²) in [6.45, 7) is 3.07. The van der Waals surface area contributed by atoms with Gasteiger partial charge in [0, 0.05) is 46.4 Å². The number of hydrogen-bond donors (Lipinski definition) is 0. The lowest BCUT2D eigenvalue weighted by Gasteiger charge is -2.26. The molecule has 134 valence electrons. The van der Waals surface area contributed by atoms with Crippen molar-refractivity contribution in [3.05, 3.63) is 89.6 Å². The van der Waals surface area contributed by atoms with Crippen LogP contribution in [0.5, 0.6) is 0 Å². The molecule has 0 fully saturated rings. The zero-order valence-electron chi connectivity index (χ0n) is 15.3. The Bertz CT molecular complexity index is 1130. The standard InChI is InChI=1S/C24H21FN2/c1-16-7-9-22-21(11-16)24(19-12-20(25)14-26-13-19)23-10-8-18(15-27(22)23)17-5-3-2-4-6-17/h2-7,9,11-14,18H,8,10,15H2,1H3. The summed E-state index contributed by atoms with van der Waals surface area (Å²) in [6.07, 6.45) is 5.14. The molecule has 3 heterocycles. The molecule has 27 heavy (non-hydrogen) atoms. The molecule has 1 unspecified atom stereocenters. The van der Waals surface area contributed by atoms with Crippen molar-refractivity contribution in [3.63, 3.8) is 0 Å². The highest BCUT2D eigenvalue weighted by molar-refractivity contribution is 5.98. The van der Waals surface area contributed by atoms with Crippen LogP contribution in [0.1, 0.15) is 29.2 Å². The Morgan fingerprint density at radius 1 is 1.04 bits per heavy atom. The summed E-state index contributed by atoms with van der Waals surface area (Å²) in [5, 5.41) is 1.20. The molecule has 0 saturated carbocycles. The van der Waals surface area contributed by atoms with Gasteiger partial charge in [0.25, 0.3) is 0 Å².